The van der Waals surface area contributed by atoms with Gasteiger partial charge in [-0.15, -0.1) is 0 Å². The summed E-state index contributed by atoms with van der Waals surface area (Å²) in [6, 6.07) is 6.69. The van der Waals surface area contributed by atoms with Crippen molar-refractivity contribution in [1.29, 1.82) is 0 Å². The minimum absolute atomic E-state index is 0.193. The molecule has 0 saturated heterocycles. The largest absolute Gasteiger partial charge is 0.307 e. The summed E-state index contributed by atoms with van der Waals surface area (Å²) < 4.78 is 12.9. The van der Waals surface area contributed by atoms with Crippen molar-refractivity contribution in [1.82, 2.24) is 15.3 Å². The Kier molecular flexibility index (Phi) is 3.77. The molecule has 0 fully saturated rings. The molecular weight excluding hydrogens is 217 g/mol. The summed E-state index contributed by atoms with van der Waals surface area (Å²) in [5.41, 5.74) is 3.00. The maximum Gasteiger partial charge on any atom is 0.123 e. The Morgan fingerprint density at radius 2 is 2.12 bits per heavy atom. The van der Waals surface area contributed by atoms with E-state index in [1.165, 1.54) is 12.4 Å². The molecule has 0 aliphatic rings. The van der Waals surface area contributed by atoms with Gasteiger partial charge in [0.15, 0.2) is 0 Å². The lowest BCUT2D eigenvalue weighted by atomic mass is 10.1. The third-order valence-corrected chi connectivity index (χ3v) is 2.57. The predicted octanol–water partition coefficient (Wildman–Crippen LogP) is 2.21. The van der Waals surface area contributed by atoms with Gasteiger partial charge >= 0.3 is 0 Å². The monoisotopic (exact) mass is 231 g/mol. The fourth-order valence-electron chi connectivity index (χ4n) is 1.61. The van der Waals surface area contributed by atoms with Gasteiger partial charge < -0.3 is 5.32 Å². The van der Waals surface area contributed by atoms with E-state index in [9.17, 15) is 4.39 Å². The molecule has 0 unspecified atom stereocenters. The molecule has 1 aromatic carbocycles. The van der Waals surface area contributed by atoms with E-state index >= 15 is 0 Å². The first-order valence-electron chi connectivity index (χ1n) is 5.46. The molecule has 0 aliphatic carbocycles. The SMILES string of the molecule is Cc1cc(F)ccc1CNCc1ccncn1. The molecule has 0 atom stereocenters. The maximum absolute atomic E-state index is 12.9. The highest BCUT2D eigenvalue weighted by atomic mass is 19.1. The van der Waals surface area contributed by atoms with E-state index in [1.807, 2.05) is 13.0 Å². The number of halogens is 1. The second-order valence-corrected chi connectivity index (χ2v) is 3.88. The van der Waals surface area contributed by atoms with E-state index in [-0.39, 0.29) is 5.82 Å². The fraction of sp³-hybridized carbons (Fsp3) is 0.231. The highest BCUT2D eigenvalue weighted by molar-refractivity contribution is 5.26. The van der Waals surface area contributed by atoms with Crippen LogP contribution in [0.1, 0.15) is 16.8 Å². The van der Waals surface area contributed by atoms with Crippen LogP contribution in [0, 0.1) is 12.7 Å². The lowest BCUT2D eigenvalue weighted by Gasteiger charge is -2.07. The average Bonchev–Trinajstić information content (AvgIpc) is 2.33. The zero-order chi connectivity index (χ0) is 12.1. The first-order chi connectivity index (χ1) is 8.25. The minimum Gasteiger partial charge on any atom is -0.307 e. The first kappa shape index (κ1) is 11.7. The van der Waals surface area contributed by atoms with Crippen molar-refractivity contribution in [3.05, 3.63) is 59.4 Å². The van der Waals surface area contributed by atoms with Crippen molar-refractivity contribution in [2.45, 2.75) is 20.0 Å². The van der Waals surface area contributed by atoms with Crippen LogP contribution < -0.4 is 5.32 Å². The topological polar surface area (TPSA) is 37.8 Å². The standard InChI is InChI=1S/C13H14FN3/c1-10-6-12(14)3-2-11(10)7-16-8-13-4-5-15-9-17-13/h2-6,9,16H,7-8H2,1H3. The molecule has 0 aliphatic heterocycles. The van der Waals surface area contributed by atoms with E-state index < -0.39 is 0 Å². The number of nitrogens with zero attached hydrogens (tertiary/aromatic N) is 2. The van der Waals surface area contributed by atoms with Crippen LogP contribution in [0.3, 0.4) is 0 Å². The van der Waals surface area contributed by atoms with Gasteiger partial charge in [-0.3, -0.25) is 0 Å². The molecule has 1 aromatic heterocycles. The van der Waals surface area contributed by atoms with Gasteiger partial charge in [0.2, 0.25) is 0 Å². The second-order valence-electron chi connectivity index (χ2n) is 3.88. The van der Waals surface area contributed by atoms with Crippen LogP contribution in [0.5, 0.6) is 0 Å². The Bertz CT molecular complexity index is 485. The van der Waals surface area contributed by atoms with E-state index in [2.05, 4.69) is 15.3 Å². The molecule has 0 spiro atoms. The molecule has 0 saturated carbocycles. The number of hydrogen-bond donors (Lipinski definition) is 1. The molecule has 4 heteroatoms. The zero-order valence-corrected chi connectivity index (χ0v) is 9.65. The number of nitrogens with one attached hydrogen (secondary N) is 1. The zero-order valence-electron chi connectivity index (χ0n) is 9.65. The Labute approximate surface area is 99.7 Å². The van der Waals surface area contributed by atoms with Crippen molar-refractivity contribution in [2.24, 2.45) is 0 Å². The van der Waals surface area contributed by atoms with Crippen LogP contribution in [0.2, 0.25) is 0 Å². The van der Waals surface area contributed by atoms with Gasteiger partial charge in [-0.05, 0) is 36.2 Å². The summed E-state index contributed by atoms with van der Waals surface area (Å²) in [6.07, 6.45) is 3.24. The number of benzene rings is 1. The molecule has 2 rings (SSSR count). The molecule has 0 radical (unpaired) electrons. The smallest absolute Gasteiger partial charge is 0.123 e. The third-order valence-electron chi connectivity index (χ3n) is 2.57. The number of hydrogen-bond acceptors (Lipinski definition) is 3. The second kappa shape index (κ2) is 5.50. The normalized spacial score (nSPS) is 10.5. The van der Waals surface area contributed by atoms with Gasteiger partial charge in [0.25, 0.3) is 0 Å². The molecule has 1 heterocycles. The fourth-order valence-corrected chi connectivity index (χ4v) is 1.61. The van der Waals surface area contributed by atoms with Gasteiger partial charge in [0.05, 0.1) is 5.69 Å². The quantitative estimate of drug-likeness (QED) is 0.876. The van der Waals surface area contributed by atoms with Crippen molar-refractivity contribution >= 4 is 0 Å². The highest BCUT2D eigenvalue weighted by Gasteiger charge is 2.00. The summed E-state index contributed by atoms with van der Waals surface area (Å²) in [6.45, 7) is 3.29. The number of rotatable bonds is 4. The minimum atomic E-state index is -0.193. The van der Waals surface area contributed by atoms with Gasteiger partial charge in [-0.1, -0.05) is 6.07 Å². The van der Waals surface area contributed by atoms with Crippen molar-refractivity contribution in [3.8, 4) is 0 Å². The summed E-state index contributed by atoms with van der Waals surface area (Å²) in [5, 5.41) is 3.27. The van der Waals surface area contributed by atoms with Crippen LogP contribution in [0.4, 0.5) is 4.39 Å². The third kappa shape index (κ3) is 3.32. The Morgan fingerprint density at radius 1 is 1.24 bits per heavy atom. The van der Waals surface area contributed by atoms with E-state index in [1.54, 1.807) is 18.3 Å². The van der Waals surface area contributed by atoms with Crippen LogP contribution in [-0.4, -0.2) is 9.97 Å². The van der Waals surface area contributed by atoms with Gasteiger partial charge in [0.1, 0.15) is 12.1 Å². The first-order valence-corrected chi connectivity index (χ1v) is 5.46. The number of aryl methyl sites for hydroxylation is 1. The van der Waals surface area contributed by atoms with Crippen LogP contribution in [-0.2, 0) is 13.1 Å². The van der Waals surface area contributed by atoms with Crippen LogP contribution >= 0.6 is 0 Å². The molecule has 1 N–H and O–H groups in total. The van der Waals surface area contributed by atoms with E-state index in [0.717, 1.165) is 16.8 Å². The predicted molar refractivity (Wildman–Crippen MR) is 63.7 cm³/mol. The molecule has 0 bridgehead atoms. The van der Waals surface area contributed by atoms with E-state index in [4.69, 9.17) is 0 Å². The molecule has 17 heavy (non-hydrogen) atoms. The van der Waals surface area contributed by atoms with Crippen LogP contribution in [0.15, 0.2) is 36.8 Å². The summed E-state index contributed by atoms with van der Waals surface area (Å²) in [5.74, 6) is -0.193. The molecule has 0 amide bonds. The Hall–Kier alpha value is -1.81. The van der Waals surface area contributed by atoms with Gasteiger partial charge in [0, 0.05) is 19.3 Å². The van der Waals surface area contributed by atoms with Crippen LogP contribution in [0.25, 0.3) is 0 Å². The molecule has 88 valence electrons. The Morgan fingerprint density at radius 3 is 2.82 bits per heavy atom. The summed E-state index contributed by atoms with van der Waals surface area (Å²) >= 11 is 0. The highest BCUT2D eigenvalue weighted by Crippen LogP contribution is 2.09. The number of aromatic nitrogens is 2. The molecule has 2 aromatic rings. The van der Waals surface area contributed by atoms with Crippen molar-refractivity contribution in [3.63, 3.8) is 0 Å². The van der Waals surface area contributed by atoms with Crippen molar-refractivity contribution < 1.29 is 4.39 Å². The van der Waals surface area contributed by atoms with Gasteiger partial charge in [-0.2, -0.15) is 0 Å². The summed E-state index contributed by atoms with van der Waals surface area (Å²) in [4.78, 5) is 7.97. The average molecular weight is 231 g/mol. The summed E-state index contributed by atoms with van der Waals surface area (Å²) in [7, 11) is 0. The molecular formula is C13H14FN3. The maximum atomic E-state index is 12.9. The van der Waals surface area contributed by atoms with Gasteiger partial charge in [-0.25, -0.2) is 14.4 Å². The van der Waals surface area contributed by atoms with E-state index in [0.29, 0.717) is 13.1 Å². The lowest BCUT2D eigenvalue weighted by Crippen LogP contribution is -2.14. The molecule has 3 nitrogen and oxygen atoms in total. The van der Waals surface area contributed by atoms with Crippen molar-refractivity contribution in [2.75, 3.05) is 0 Å². The lowest BCUT2D eigenvalue weighted by molar-refractivity contribution is 0.622. The Balaban J connectivity index is 1.90.